The van der Waals surface area contributed by atoms with E-state index in [1.54, 1.807) is 6.07 Å². The van der Waals surface area contributed by atoms with Gasteiger partial charge < -0.3 is 15.7 Å². The van der Waals surface area contributed by atoms with Gasteiger partial charge in [-0.1, -0.05) is 15.9 Å². The summed E-state index contributed by atoms with van der Waals surface area (Å²) in [7, 11) is 0. The van der Waals surface area contributed by atoms with Crippen LogP contribution >= 0.6 is 15.9 Å². The zero-order valence-electron chi connectivity index (χ0n) is 9.37. The summed E-state index contributed by atoms with van der Waals surface area (Å²) in [5.74, 6) is -2.46. The number of benzene rings is 1. The summed E-state index contributed by atoms with van der Waals surface area (Å²) >= 11 is 3.08. The molecule has 5 nitrogen and oxygen atoms in total. The molecule has 0 atom stereocenters. The summed E-state index contributed by atoms with van der Waals surface area (Å²) in [6.07, 6.45) is 0.353. The lowest BCUT2D eigenvalue weighted by Gasteiger charge is -2.07. The van der Waals surface area contributed by atoms with Crippen molar-refractivity contribution in [3.63, 3.8) is 0 Å². The fourth-order valence-electron chi connectivity index (χ4n) is 1.13. The normalized spacial score (nSPS) is 9.94. The van der Waals surface area contributed by atoms with Crippen LogP contribution in [0, 0.1) is 5.82 Å². The molecule has 0 heterocycles. The van der Waals surface area contributed by atoms with Gasteiger partial charge in [-0.3, -0.25) is 9.59 Å². The van der Waals surface area contributed by atoms with Gasteiger partial charge in [0.1, 0.15) is 5.82 Å². The first-order valence-corrected chi connectivity index (χ1v) is 5.99. The summed E-state index contributed by atoms with van der Waals surface area (Å²) < 4.78 is 13.9. The maximum atomic E-state index is 13.4. The molecule has 0 spiro atoms. The molecule has 3 N–H and O–H groups in total. The molecule has 98 valence electrons. The van der Waals surface area contributed by atoms with Crippen molar-refractivity contribution in [1.29, 1.82) is 0 Å². The van der Waals surface area contributed by atoms with E-state index < -0.39 is 17.6 Å². The van der Waals surface area contributed by atoms with Crippen LogP contribution in [0.2, 0.25) is 0 Å². The highest BCUT2D eigenvalue weighted by atomic mass is 79.9. The first-order valence-electron chi connectivity index (χ1n) is 5.19. The van der Waals surface area contributed by atoms with Crippen LogP contribution < -0.4 is 10.6 Å². The van der Waals surface area contributed by atoms with Crippen molar-refractivity contribution in [1.82, 2.24) is 5.32 Å². The molecule has 0 fully saturated rings. The van der Waals surface area contributed by atoms with E-state index >= 15 is 0 Å². The van der Waals surface area contributed by atoms with E-state index in [2.05, 4.69) is 26.6 Å². The molecule has 1 aromatic carbocycles. The van der Waals surface area contributed by atoms with E-state index in [-0.39, 0.29) is 18.8 Å². The van der Waals surface area contributed by atoms with E-state index in [1.165, 1.54) is 12.1 Å². The maximum Gasteiger partial charge on any atom is 0.313 e. The van der Waals surface area contributed by atoms with Crippen molar-refractivity contribution in [3.8, 4) is 0 Å². The summed E-state index contributed by atoms with van der Waals surface area (Å²) in [6.45, 7) is 0.106. The molecule has 18 heavy (non-hydrogen) atoms. The van der Waals surface area contributed by atoms with Crippen LogP contribution in [0.1, 0.15) is 6.42 Å². The molecule has 0 unspecified atom stereocenters. The van der Waals surface area contributed by atoms with Crippen LogP contribution in [0.4, 0.5) is 10.1 Å². The molecule has 1 rings (SSSR count). The Kier molecular flexibility index (Phi) is 5.73. The van der Waals surface area contributed by atoms with Crippen LogP contribution in [0.15, 0.2) is 22.7 Å². The minimum atomic E-state index is -0.950. The zero-order chi connectivity index (χ0) is 13.5. The Hall–Kier alpha value is -1.47. The van der Waals surface area contributed by atoms with Crippen molar-refractivity contribution in [2.45, 2.75) is 6.42 Å². The van der Waals surface area contributed by atoms with E-state index in [0.29, 0.717) is 10.9 Å². The average molecular weight is 319 g/mol. The standard InChI is InChI=1S/C11H12BrFN2O3/c12-7-2-3-9(8(13)6-7)15-11(18)10(17)14-4-1-5-16/h2-3,6,16H,1,4-5H2,(H,14,17)(H,15,18). The number of anilines is 1. The summed E-state index contributed by atoms with van der Waals surface area (Å²) in [5, 5.41) is 13.0. The monoisotopic (exact) mass is 318 g/mol. The van der Waals surface area contributed by atoms with E-state index in [1.807, 2.05) is 0 Å². The molecule has 0 aromatic heterocycles. The van der Waals surface area contributed by atoms with Crippen molar-refractivity contribution >= 4 is 33.4 Å². The molecule has 7 heteroatoms. The first kappa shape index (κ1) is 14.6. The second kappa shape index (κ2) is 7.07. The Morgan fingerprint density at radius 2 is 2.06 bits per heavy atom. The second-order valence-electron chi connectivity index (χ2n) is 3.41. The van der Waals surface area contributed by atoms with Crippen molar-refractivity contribution in [3.05, 3.63) is 28.5 Å². The van der Waals surface area contributed by atoms with Crippen LogP contribution in [-0.2, 0) is 9.59 Å². The zero-order valence-corrected chi connectivity index (χ0v) is 11.0. The molecule has 0 radical (unpaired) electrons. The summed E-state index contributed by atoms with van der Waals surface area (Å²) in [4.78, 5) is 22.6. The number of amides is 2. The van der Waals surface area contributed by atoms with Gasteiger partial charge in [0.2, 0.25) is 0 Å². The third-order valence-electron chi connectivity index (χ3n) is 2.01. The number of carbonyl (C=O) groups is 2. The number of aliphatic hydroxyl groups is 1. The number of carbonyl (C=O) groups excluding carboxylic acids is 2. The summed E-state index contributed by atoms with van der Waals surface area (Å²) in [6, 6.07) is 4.07. The van der Waals surface area contributed by atoms with E-state index in [0.717, 1.165) is 0 Å². The van der Waals surface area contributed by atoms with Gasteiger partial charge in [-0.25, -0.2) is 4.39 Å². The molecule has 0 aliphatic heterocycles. The number of halogens is 2. The number of hydrogen-bond donors (Lipinski definition) is 3. The quantitative estimate of drug-likeness (QED) is 0.573. The van der Waals surface area contributed by atoms with Gasteiger partial charge >= 0.3 is 11.8 Å². The Labute approximate surface area is 112 Å². The van der Waals surface area contributed by atoms with Crippen molar-refractivity contribution in [2.75, 3.05) is 18.5 Å². The first-order chi connectivity index (χ1) is 8.54. The molecule has 1 aromatic rings. The maximum absolute atomic E-state index is 13.4. The van der Waals surface area contributed by atoms with Crippen LogP contribution in [0.5, 0.6) is 0 Å². The van der Waals surface area contributed by atoms with Crippen LogP contribution in [0.25, 0.3) is 0 Å². The number of aliphatic hydroxyl groups excluding tert-OH is 1. The lowest BCUT2D eigenvalue weighted by molar-refractivity contribution is -0.136. The van der Waals surface area contributed by atoms with E-state index in [9.17, 15) is 14.0 Å². The lowest BCUT2D eigenvalue weighted by atomic mass is 10.3. The fraction of sp³-hybridized carbons (Fsp3) is 0.273. The average Bonchev–Trinajstić information content (AvgIpc) is 2.32. The molecule has 0 bridgehead atoms. The Morgan fingerprint density at radius 3 is 2.67 bits per heavy atom. The minimum Gasteiger partial charge on any atom is -0.396 e. The van der Waals surface area contributed by atoms with Gasteiger partial charge in [0.25, 0.3) is 0 Å². The van der Waals surface area contributed by atoms with E-state index in [4.69, 9.17) is 5.11 Å². The minimum absolute atomic E-state index is 0.0690. The van der Waals surface area contributed by atoms with Crippen molar-refractivity contribution < 1.29 is 19.1 Å². The number of rotatable bonds is 4. The van der Waals surface area contributed by atoms with Crippen LogP contribution in [-0.4, -0.2) is 30.1 Å². The summed E-state index contributed by atoms with van der Waals surface area (Å²) in [5.41, 5.74) is -0.0690. The van der Waals surface area contributed by atoms with Gasteiger partial charge in [0, 0.05) is 17.6 Å². The second-order valence-corrected chi connectivity index (χ2v) is 4.33. The predicted octanol–water partition coefficient (Wildman–Crippen LogP) is 1.03. The number of nitrogens with one attached hydrogen (secondary N) is 2. The molecule has 0 aliphatic rings. The van der Waals surface area contributed by atoms with Crippen LogP contribution in [0.3, 0.4) is 0 Å². The Morgan fingerprint density at radius 1 is 1.33 bits per heavy atom. The molecule has 2 amide bonds. The fourth-order valence-corrected chi connectivity index (χ4v) is 1.46. The SMILES string of the molecule is O=C(NCCCO)C(=O)Nc1ccc(Br)cc1F. The highest BCUT2D eigenvalue weighted by Gasteiger charge is 2.14. The highest BCUT2D eigenvalue weighted by molar-refractivity contribution is 9.10. The number of hydrogen-bond acceptors (Lipinski definition) is 3. The smallest absolute Gasteiger partial charge is 0.313 e. The molecule has 0 saturated carbocycles. The van der Waals surface area contributed by atoms with Gasteiger partial charge in [-0.05, 0) is 24.6 Å². The lowest BCUT2D eigenvalue weighted by Crippen LogP contribution is -2.36. The third kappa shape index (κ3) is 4.42. The third-order valence-corrected chi connectivity index (χ3v) is 2.50. The molecular weight excluding hydrogens is 307 g/mol. The van der Waals surface area contributed by atoms with Crippen molar-refractivity contribution in [2.24, 2.45) is 0 Å². The Balaban J connectivity index is 2.56. The van der Waals surface area contributed by atoms with Gasteiger partial charge in [-0.2, -0.15) is 0 Å². The molecular formula is C11H12BrFN2O3. The Bertz CT molecular complexity index is 454. The highest BCUT2D eigenvalue weighted by Crippen LogP contribution is 2.19. The van der Waals surface area contributed by atoms with Gasteiger partial charge in [-0.15, -0.1) is 0 Å². The van der Waals surface area contributed by atoms with Gasteiger partial charge in [0.05, 0.1) is 5.69 Å². The molecule has 0 aliphatic carbocycles. The largest absolute Gasteiger partial charge is 0.396 e. The predicted molar refractivity (Wildman–Crippen MR) is 67.4 cm³/mol. The molecule has 0 saturated heterocycles. The topological polar surface area (TPSA) is 78.4 Å². The van der Waals surface area contributed by atoms with Gasteiger partial charge in [0.15, 0.2) is 0 Å².